The van der Waals surface area contributed by atoms with Gasteiger partial charge < -0.3 is 14.9 Å². The van der Waals surface area contributed by atoms with Crippen molar-refractivity contribution in [1.82, 2.24) is 9.97 Å². The minimum Gasteiger partial charge on any atom is -0.489 e. The van der Waals surface area contributed by atoms with Gasteiger partial charge in [-0.3, -0.25) is 0 Å². The molecule has 6 nitrogen and oxygen atoms in total. The van der Waals surface area contributed by atoms with Crippen LogP contribution in [-0.2, 0) is 0 Å². The zero-order valence-corrected chi connectivity index (χ0v) is 9.27. The van der Waals surface area contributed by atoms with Gasteiger partial charge in [-0.1, -0.05) is 0 Å². The van der Waals surface area contributed by atoms with Gasteiger partial charge in [-0.25, -0.2) is 10.8 Å². The fourth-order valence-electron chi connectivity index (χ4n) is 1.89. The highest BCUT2D eigenvalue weighted by Gasteiger charge is 2.20. The lowest BCUT2D eigenvalue weighted by atomic mass is 10.3. The summed E-state index contributed by atoms with van der Waals surface area (Å²) in [7, 11) is 1.54. The van der Waals surface area contributed by atoms with E-state index in [0.717, 1.165) is 12.8 Å². The number of nitrogens with two attached hydrogens (primary N) is 1. The van der Waals surface area contributed by atoms with E-state index in [1.807, 2.05) is 0 Å². The molecule has 3 N–H and O–H groups in total. The van der Waals surface area contributed by atoms with Crippen LogP contribution in [0.15, 0.2) is 6.33 Å². The summed E-state index contributed by atoms with van der Waals surface area (Å²) < 4.78 is 11.0. The van der Waals surface area contributed by atoms with Crippen LogP contribution in [0.4, 0.5) is 5.82 Å². The van der Waals surface area contributed by atoms with Gasteiger partial charge >= 0.3 is 0 Å². The van der Waals surface area contributed by atoms with Crippen LogP contribution < -0.4 is 20.7 Å². The third-order valence-corrected chi connectivity index (χ3v) is 2.69. The zero-order valence-electron chi connectivity index (χ0n) is 9.27. The normalized spacial score (nSPS) is 16.1. The van der Waals surface area contributed by atoms with E-state index >= 15 is 0 Å². The average Bonchev–Trinajstić information content (AvgIpc) is 2.81. The van der Waals surface area contributed by atoms with Gasteiger partial charge in [0.05, 0.1) is 7.11 Å². The number of anilines is 1. The summed E-state index contributed by atoms with van der Waals surface area (Å²) in [6, 6.07) is 0. The van der Waals surface area contributed by atoms with Crippen LogP contribution in [0.3, 0.4) is 0 Å². The summed E-state index contributed by atoms with van der Waals surface area (Å²) in [5.74, 6) is 6.67. The van der Waals surface area contributed by atoms with Gasteiger partial charge in [-0.15, -0.1) is 0 Å². The first-order valence-corrected chi connectivity index (χ1v) is 5.37. The molecule has 88 valence electrons. The van der Waals surface area contributed by atoms with Crippen molar-refractivity contribution in [3.63, 3.8) is 0 Å². The van der Waals surface area contributed by atoms with Crippen molar-refractivity contribution in [3.05, 3.63) is 6.33 Å². The van der Waals surface area contributed by atoms with E-state index in [4.69, 9.17) is 15.3 Å². The maximum Gasteiger partial charge on any atom is 0.262 e. The molecule has 0 atom stereocenters. The number of rotatable bonds is 4. The van der Waals surface area contributed by atoms with Gasteiger partial charge in [0, 0.05) is 0 Å². The lowest BCUT2D eigenvalue weighted by Gasteiger charge is -2.15. The van der Waals surface area contributed by atoms with Crippen molar-refractivity contribution >= 4 is 5.82 Å². The Balaban J connectivity index is 2.18. The quantitative estimate of drug-likeness (QED) is 0.588. The molecule has 0 saturated heterocycles. The smallest absolute Gasteiger partial charge is 0.262 e. The Bertz CT molecular complexity index is 353. The molecular formula is C10H16N4O2. The third kappa shape index (κ3) is 2.16. The number of ether oxygens (including phenoxy) is 2. The molecule has 6 heteroatoms. The minimum atomic E-state index is 0.231. The molecule has 1 heterocycles. The van der Waals surface area contributed by atoms with Crippen molar-refractivity contribution < 1.29 is 9.47 Å². The lowest BCUT2D eigenvalue weighted by Crippen LogP contribution is -2.15. The Labute approximate surface area is 94.1 Å². The van der Waals surface area contributed by atoms with Crippen molar-refractivity contribution in [2.45, 2.75) is 31.8 Å². The second kappa shape index (κ2) is 4.98. The van der Waals surface area contributed by atoms with Gasteiger partial charge in [0.1, 0.15) is 12.4 Å². The molecule has 1 aliphatic carbocycles. The summed E-state index contributed by atoms with van der Waals surface area (Å²) in [4.78, 5) is 8.02. The van der Waals surface area contributed by atoms with Gasteiger partial charge in [0.15, 0.2) is 5.82 Å². The number of hydrazine groups is 1. The Hall–Kier alpha value is -1.56. The van der Waals surface area contributed by atoms with Gasteiger partial charge in [0.2, 0.25) is 5.75 Å². The number of nitrogens with one attached hydrogen (secondary N) is 1. The summed E-state index contributed by atoms with van der Waals surface area (Å²) in [6.07, 6.45) is 6.19. The van der Waals surface area contributed by atoms with E-state index in [-0.39, 0.29) is 6.10 Å². The lowest BCUT2D eigenvalue weighted by molar-refractivity contribution is 0.191. The van der Waals surface area contributed by atoms with Crippen LogP contribution in [0.5, 0.6) is 11.6 Å². The minimum absolute atomic E-state index is 0.231. The van der Waals surface area contributed by atoms with Crippen LogP contribution in [0, 0.1) is 0 Å². The molecule has 1 aromatic heterocycles. The molecule has 0 spiro atoms. The predicted molar refractivity (Wildman–Crippen MR) is 59.3 cm³/mol. The Morgan fingerprint density at radius 1 is 1.38 bits per heavy atom. The molecular weight excluding hydrogens is 208 g/mol. The van der Waals surface area contributed by atoms with Crippen LogP contribution in [0.2, 0.25) is 0 Å². The largest absolute Gasteiger partial charge is 0.489 e. The highest BCUT2D eigenvalue weighted by Crippen LogP contribution is 2.33. The number of nitrogen functional groups attached to an aromatic ring is 1. The molecule has 0 bridgehead atoms. The van der Waals surface area contributed by atoms with Crippen LogP contribution in [0.25, 0.3) is 0 Å². The fourth-order valence-corrected chi connectivity index (χ4v) is 1.89. The molecule has 1 aliphatic rings. The number of hydrogen-bond acceptors (Lipinski definition) is 6. The SMILES string of the molecule is COc1c(NN)ncnc1OC1CCCC1. The van der Waals surface area contributed by atoms with Crippen molar-refractivity contribution in [2.75, 3.05) is 12.5 Å². The Morgan fingerprint density at radius 2 is 2.12 bits per heavy atom. The Morgan fingerprint density at radius 3 is 2.75 bits per heavy atom. The third-order valence-electron chi connectivity index (χ3n) is 2.69. The van der Waals surface area contributed by atoms with E-state index in [2.05, 4.69) is 15.4 Å². The van der Waals surface area contributed by atoms with E-state index in [0.29, 0.717) is 17.4 Å². The predicted octanol–water partition coefficient (Wildman–Crippen LogP) is 1.09. The highest BCUT2D eigenvalue weighted by atomic mass is 16.5. The molecule has 1 fully saturated rings. The maximum absolute atomic E-state index is 5.77. The Kier molecular flexibility index (Phi) is 3.40. The summed E-state index contributed by atoms with van der Waals surface area (Å²) in [5.41, 5.74) is 2.46. The standard InChI is InChI=1S/C10H16N4O2/c1-15-8-9(14-11)12-6-13-10(8)16-7-4-2-3-5-7/h6-7H,2-5,11H2,1H3,(H,12,13,14). The zero-order chi connectivity index (χ0) is 11.4. The molecule has 0 unspecified atom stereocenters. The molecule has 1 saturated carbocycles. The van der Waals surface area contributed by atoms with Crippen LogP contribution in [0.1, 0.15) is 25.7 Å². The van der Waals surface area contributed by atoms with Crippen LogP contribution in [-0.4, -0.2) is 23.2 Å². The van der Waals surface area contributed by atoms with E-state index in [1.165, 1.54) is 19.2 Å². The number of methoxy groups -OCH3 is 1. The molecule has 0 amide bonds. The fraction of sp³-hybridized carbons (Fsp3) is 0.600. The first kappa shape index (κ1) is 10.9. The second-order valence-corrected chi connectivity index (χ2v) is 3.73. The highest BCUT2D eigenvalue weighted by molar-refractivity contribution is 5.54. The topological polar surface area (TPSA) is 82.3 Å². The van der Waals surface area contributed by atoms with E-state index in [1.54, 1.807) is 7.11 Å². The maximum atomic E-state index is 5.77. The molecule has 1 aromatic rings. The van der Waals surface area contributed by atoms with Crippen LogP contribution >= 0.6 is 0 Å². The number of aromatic nitrogens is 2. The molecule has 0 aromatic carbocycles. The number of nitrogens with zero attached hydrogens (tertiary/aromatic N) is 2. The molecule has 0 radical (unpaired) electrons. The van der Waals surface area contributed by atoms with E-state index < -0.39 is 0 Å². The van der Waals surface area contributed by atoms with Crippen molar-refractivity contribution in [3.8, 4) is 11.6 Å². The van der Waals surface area contributed by atoms with Gasteiger partial charge in [0.25, 0.3) is 5.88 Å². The van der Waals surface area contributed by atoms with Gasteiger partial charge in [-0.2, -0.15) is 4.98 Å². The van der Waals surface area contributed by atoms with Crippen molar-refractivity contribution in [2.24, 2.45) is 5.84 Å². The van der Waals surface area contributed by atoms with Gasteiger partial charge in [-0.05, 0) is 25.7 Å². The van der Waals surface area contributed by atoms with E-state index in [9.17, 15) is 0 Å². The number of hydrogen-bond donors (Lipinski definition) is 2. The summed E-state index contributed by atoms with van der Waals surface area (Å²) >= 11 is 0. The average molecular weight is 224 g/mol. The second-order valence-electron chi connectivity index (χ2n) is 3.73. The molecule has 0 aliphatic heterocycles. The summed E-state index contributed by atoms with van der Waals surface area (Å²) in [6.45, 7) is 0. The van der Waals surface area contributed by atoms with Crippen molar-refractivity contribution in [1.29, 1.82) is 0 Å². The first-order chi connectivity index (χ1) is 7.85. The molecule has 2 rings (SSSR count). The molecule has 16 heavy (non-hydrogen) atoms. The summed E-state index contributed by atoms with van der Waals surface area (Å²) in [5, 5.41) is 0. The first-order valence-electron chi connectivity index (χ1n) is 5.37. The monoisotopic (exact) mass is 224 g/mol.